The summed E-state index contributed by atoms with van der Waals surface area (Å²) in [4.78, 5) is 8.17. The fraction of sp³-hybridized carbons (Fsp3) is 0.333. The third kappa shape index (κ3) is 4.84. The summed E-state index contributed by atoms with van der Waals surface area (Å²) in [5, 5.41) is 2.78. The third-order valence-electron chi connectivity index (χ3n) is 1.71. The highest BCUT2D eigenvalue weighted by Gasteiger charge is 2.18. The van der Waals surface area contributed by atoms with Crippen LogP contribution in [0.5, 0.6) is 0 Å². The van der Waals surface area contributed by atoms with Crippen molar-refractivity contribution >= 4 is 12.0 Å². The Morgan fingerprint density at radius 2 is 1.44 bits per heavy atom. The van der Waals surface area contributed by atoms with Crippen molar-refractivity contribution in [2.75, 3.05) is 19.8 Å². The van der Waals surface area contributed by atoms with E-state index in [1.807, 2.05) is 0 Å². The first-order valence-electron chi connectivity index (χ1n) is 5.42. The van der Waals surface area contributed by atoms with Gasteiger partial charge in [0.25, 0.3) is 18.4 Å². The molecule has 1 N–H and O–H groups in total. The fourth-order valence-corrected chi connectivity index (χ4v) is 1.04. The van der Waals surface area contributed by atoms with Crippen molar-refractivity contribution in [3.63, 3.8) is 0 Å². The van der Waals surface area contributed by atoms with Crippen LogP contribution in [0.3, 0.4) is 0 Å². The maximum atomic E-state index is 5.31. The van der Waals surface area contributed by atoms with Gasteiger partial charge >= 0.3 is 0 Å². The zero-order valence-electron chi connectivity index (χ0n) is 10.2. The smallest absolute Gasteiger partial charge is 0.297 e. The lowest BCUT2D eigenvalue weighted by atomic mass is 10.6. The van der Waals surface area contributed by atoms with Crippen molar-refractivity contribution in [1.29, 1.82) is 0 Å². The second-order valence-electron chi connectivity index (χ2n) is 3.14. The lowest BCUT2D eigenvalue weighted by Crippen LogP contribution is -2.40. The molecule has 1 heterocycles. The van der Waals surface area contributed by atoms with Crippen molar-refractivity contribution in [3.05, 3.63) is 38.0 Å². The SMILES string of the molecule is C=CCOC1=NC(OCC=C)N=C(OCC=C)N1. The highest BCUT2D eigenvalue weighted by atomic mass is 16.5. The number of nitrogens with one attached hydrogen (secondary N) is 1. The molecule has 6 nitrogen and oxygen atoms in total. The summed E-state index contributed by atoms with van der Waals surface area (Å²) in [6.45, 7) is 11.7. The molecule has 1 rings (SSSR count). The maximum absolute atomic E-state index is 5.31. The van der Waals surface area contributed by atoms with Crippen LogP contribution < -0.4 is 5.32 Å². The first kappa shape index (κ1) is 14.0. The minimum Gasteiger partial charge on any atom is -0.461 e. The predicted octanol–water partition coefficient (Wildman–Crippen LogP) is 1.19. The summed E-state index contributed by atoms with van der Waals surface area (Å²) in [6.07, 6.45) is 4.13. The van der Waals surface area contributed by atoms with Gasteiger partial charge in [0.1, 0.15) is 13.2 Å². The molecule has 18 heavy (non-hydrogen) atoms. The molecule has 0 bridgehead atoms. The molecule has 0 aliphatic carbocycles. The molecular formula is C12H17N3O3. The molecule has 1 aliphatic heterocycles. The number of aliphatic imine (C=N–C) groups is 2. The largest absolute Gasteiger partial charge is 0.461 e. The summed E-state index contributed by atoms with van der Waals surface area (Å²) in [7, 11) is 0. The molecule has 0 aromatic rings. The predicted molar refractivity (Wildman–Crippen MR) is 70.2 cm³/mol. The zero-order valence-corrected chi connectivity index (χ0v) is 10.2. The van der Waals surface area contributed by atoms with Crippen molar-refractivity contribution in [3.8, 4) is 0 Å². The van der Waals surface area contributed by atoms with Crippen LogP contribution in [0, 0.1) is 0 Å². The van der Waals surface area contributed by atoms with Gasteiger partial charge in [0, 0.05) is 0 Å². The Morgan fingerprint density at radius 3 is 1.89 bits per heavy atom. The van der Waals surface area contributed by atoms with E-state index in [1.54, 1.807) is 18.2 Å². The van der Waals surface area contributed by atoms with Crippen LogP contribution in [0.2, 0.25) is 0 Å². The van der Waals surface area contributed by atoms with Crippen molar-refractivity contribution < 1.29 is 14.2 Å². The summed E-state index contributed by atoms with van der Waals surface area (Å²) >= 11 is 0. The second-order valence-corrected chi connectivity index (χ2v) is 3.14. The lowest BCUT2D eigenvalue weighted by Gasteiger charge is -2.20. The molecule has 0 atom stereocenters. The molecule has 0 amide bonds. The highest BCUT2D eigenvalue weighted by molar-refractivity contribution is 5.94. The summed E-state index contributed by atoms with van der Waals surface area (Å²) < 4.78 is 15.9. The van der Waals surface area contributed by atoms with Crippen LogP contribution in [-0.2, 0) is 14.2 Å². The zero-order chi connectivity index (χ0) is 13.2. The molecule has 0 spiro atoms. The van der Waals surface area contributed by atoms with Crippen molar-refractivity contribution in [2.24, 2.45) is 9.98 Å². The van der Waals surface area contributed by atoms with Gasteiger partial charge in [0.2, 0.25) is 0 Å². The van der Waals surface area contributed by atoms with Gasteiger partial charge in [-0.3, -0.25) is 5.32 Å². The maximum Gasteiger partial charge on any atom is 0.297 e. The molecule has 0 radical (unpaired) electrons. The van der Waals surface area contributed by atoms with E-state index in [0.29, 0.717) is 19.8 Å². The summed E-state index contributed by atoms with van der Waals surface area (Å²) in [5.74, 6) is 0. The van der Waals surface area contributed by atoms with E-state index in [0.717, 1.165) is 0 Å². The number of hydrogen-bond acceptors (Lipinski definition) is 6. The van der Waals surface area contributed by atoms with E-state index in [1.165, 1.54) is 0 Å². The molecule has 0 unspecified atom stereocenters. The van der Waals surface area contributed by atoms with Crippen molar-refractivity contribution in [2.45, 2.75) is 6.35 Å². The van der Waals surface area contributed by atoms with Crippen LogP contribution in [0.4, 0.5) is 0 Å². The Balaban J connectivity index is 2.62. The fourth-order valence-electron chi connectivity index (χ4n) is 1.04. The Hall–Kier alpha value is -2.08. The Labute approximate surface area is 106 Å². The Bertz CT molecular complexity index is 336. The van der Waals surface area contributed by atoms with E-state index in [-0.39, 0.29) is 12.0 Å². The quantitative estimate of drug-likeness (QED) is 0.690. The number of rotatable bonds is 7. The average molecular weight is 251 g/mol. The summed E-state index contributed by atoms with van der Waals surface area (Å²) in [5.41, 5.74) is 0. The molecule has 0 aromatic heterocycles. The van der Waals surface area contributed by atoms with Gasteiger partial charge < -0.3 is 14.2 Å². The van der Waals surface area contributed by atoms with Gasteiger partial charge in [-0.2, -0.15) is 9.98 Å². The van der Waals surface area contributed by atoms with Crippen LogP contribution in [0.25, 0.3) is 0 Å². The first-order valence-corrected chi connectivity index (χ1v) is 5.42. The molecule has 98 valence electrons. The molecule has 0 aromatic carbocycles. The van der Waals surface area contributed by atoms with E-state index < -0.39 is 6.35 Å². The van der Waals surface area contributed by atoms with E-state index in [2.05, 4.69) is 35.0 Å². The van der Waals surface area contributed by atoms with Gasteiger partial charge in [-0.1, -0.05) is 31.4 Å². The minimum atomic E-state index is -0.705. The standard InChI is InChI=1S/C12H17N3O3/c1-4-7-16-10-13-11(17-8-5-2)15-12(14-10)18-9-6-3/h4-6,10H,1-3,7-9H2,(H,13,14,15). The monoisotopic (exact) mass is 251 g/mol. The molecular weight excluding hydrogens is 234 g/mol. The average Bonchev–Trinajstić information content (AvgIpc) is 2.40. The lowest BCUT2D eigenvalue weighted by molar-refractivity contribution is 0.0800. The van der Waals surface area contributed by atoms with Gasteiger partial charge in [-0.15, -0.1) is 6.58 Å². The van der Waals surface area contributed by atoms with E-state index in [4.69, 9.17) is 14.2 Å². The topological polar surface area (TPSA) is 64.4 Å². The number of ether oxygens (including phenoxy) is 3. The Morgan fingerprint density at radius 1 is 0.944 bits per heavy atom. The van der Waals surface area contributed by atoms with Gasteiger partial charge in [-0.05, 0) is 0 Å². The van der Waals surface area contributed by atoms with Crippen LogP contribution in [-0.4, -0.2) is 38.2 Å². The van der Waals surface area contributed by atoms with Gasteiger partial charge in [0.05, 0.1) is 6.61 Å². The number of amidine groups is 2. The third-order valence-corrected chi connectivity index (χ3v) is 1.71. The van der Waals surface area contributed by atoms with E-state index in [9.17, 15) is 0 Å². The van der Waals surface area contributed by atoms with Crippen LogP contribution in [0.15, 0.2) is 47.9 Å². The van der Waals surface area contributed by atoms with Gasteiger partial charge in [0.15, 0.2) is 0 Å². The van der Waals surface area contributed by atoms with Gasteiger partial charge in [-0.25, -0.2) is 0 Å². The van der Waals surface area contributed by atoms with Crippen LogP contribution >= 0.6 is 0 Å². The normalized spacial score (nSPS) is 14.9. The van der Waals surface area contributed by atoms with E-state index >= 15 is 0 Å². The molecule has 0 fully saturated rings. The molecule has 1 aliphatic rings. The number of nitrogens with zero attached hydrogens (tertiary/aromatic N) is 2. The Kier molecular flexibility index (Phi) is 6.27. The molecule has 0 saturated carbocycles. The first-order chi connectivity index (χ1) is 8.80. The second kappa shape index (κ2) is 8.08. The number of hydrogen-bond donors (Lipinski definition) is 1. The molecule has 6 heteroatoms. The molecule has 0 saturated heterocycles. The minimum absolute atomic E-state index is 0.276. The van der Waals surface area contributed by atoms with Crippen LogP contribution in [0.1, 0.15) is 0 Å². The summed E-state index contributed by atoms with van der Waals surface area (Å²) in [6, 6.07) is 0.552. The highest BCUT2D eigenvalue weighted by Crippen LogP contribution is 2.04. The van der Waals surface area contributed by atoms with Crippen molar-refractivity contribution in [1.82, 2.24) is 5.32 Å².